The predicted molar refractivity (Wildman–Crippen MR) is 154 cm³/mol. The smallest absolute Gasteiger partial charge is 0.295 e. The summed E-state index contributed by atoms with van der Waals surface area (Å²) in [7, 11) is 0. The van der Waals surface area contributed by atoms with Crippen molar-refractivity contribution in [3.8, 4) is 11.5 Å². The van der Waals surface area contributed by atoms with Crippen LogP contribution >= 0.6 is 0 Å². The minimum atomic E-state index is -0.750. The Kier molecular flexibility index (Phi) is 7.76. The van der Waals surface area contributed by atoms with Crippen molar-refractivity contribution < 1.29 is 28.9 Å². The van der Waals surface area contributed by atoms with Crippen LogP contribution in [0.5, 0.6) is 11.5 Å². The van der Waals surface area contributed by atoms with Crippen LogP contribution in [0.4, 0.5) is 0 Å². The van der Waals surface area contributed by atoms with Gasteiger partial charge in [-0.05, 0) is 53.9 Å². The number of carbonyl (C=O) groups is 2. The van der Waals surface area contributed by atoms with Crippen LogP contribution in [0.2, 0.25) is 0 Å². The summed E-state index contributed by atoms with van der Waals surface area (Å²) in [6.45, 7) is 6.15. The van der Waals surface area contributed by atoms with Crippen molar-refractivity contribution in [2.75, 3.05) is 39.4 Å². The molecule has 6 rings (SSSR count). The number of fused-ring (bicyclic) bond motifs is 1. The topological polar surface area (TPSA) is 88.5 Å². The molecule has 3 heterocycles. The largest absolute Gasteiger partial charge is 0.507 e. The first-order chi connectivity index (χ1) is 20.0. The molecule has 0 aliphatic carbocycles. The maximum absolute atomic E-state index is 13.5. The number of benzene rings is 3. The summed E-state index contributed by atoms with van der Waals surface area (Å²) < 4.78 is 17.4. The first kappa shape index (κ1) is 27.1. The number of hydrogen-bond donors (Lipinski definition) is 1. The Labute approximate surface area is 239 Å². The number of Topliss-reactive ketones (excluding diaryl/α,β-unsaturated/α-hetero) is 1. The highest BCUT2D eigenvalue weighted by molar-refractivity contribution is 6.46. The van der Waals surface area contributed by atoms with Gasteiger partial charge in [-0.15, -0.1) is 0 Å². The summed E-state index contributed by atoms with van der Waals surface area (Å²) >= 11 is 0. The third kappa shape index (κ3) is 5.71. The van der Waals surface area contributed by atoms with E-state index in [9.17, 15) is 14.7 Å². The van der Waals surface area contributed by atoms with Gasteiger partial charge in [0, 0.05) is 38.2 Å². The number of morpholine rings is 1. The second-order valence-corrected chi connectivity index (χ2v) is 10.7. The number of amides is 1. The number of ether oxygens (including phenoxy) is 3. The molecule has 3 aromatic carbocycles. The first-order valence-electron chi connectivity index (χ1n) is 14.1. The molecule has 0 bridgehead atoms. The highest BCUT2D eigenvalue weighted by Crippen LogP contribution is 2.41. The van der Waals surface area contributed by atoms with Gasteiger partial charge >= 0.3 is 0 Å². The molecule has 2 unspecified atom stereocenters. The van der Waals surface area contributed by atoms with E-state index in [0.29, 0.717) is 56.2 Å². The second-order valence-electron chi connectivity index (χ2n) is 10.7. The molecule has 1 N–H and O–H groups in total. The maximum Gasteiger partial charge on any atom is 0.295 e. The van der Waals surface area contributed by atoms with Gasteiger partial charge in [0.1, 0.15) is 30.0 Å². The molecule has 2 fully saturated rings. The van der Waals surface area contributed by atoms with E-state index in [1.54, 1.807) is 11.0 Å². The van der Waals surface area contributed by atoms with Crippen molar-refractivity contribution in [3.63, 3.8) is 0 Å². The second kappa shape index (κ2) is 11.8. The SMILES string of the molecule is CC1Cc2cc(/C(O)=C3/C(=O)C(=O)N(CCN4CCOCC4)C3c3cccc(OCc4ccccc4)c3)ccc2O1. The Hall–Kier alpha value is -4.14. The lowest BCUT2D eigenvalue weighted by atomic mass is 9.94. The number of hydrogen-bond acceptors (Lipinski definition) is 7. The Morgan fingerprint density at radius 1 is 0.976 bits per heavy atom. The molecule has 3 aliphatic rings. The summed E-state index contributed by atoms with van der Waals surface area (Å²) in [6, 6.07) is 22.0. The molecular formula is C33H34N2O6. The molecule has 0 saturated carbocycles. The zero-order valence-electron chi connectivity index (χ0n) is 23.1. The fraction of sp³-hybridized carbons (Fsp3) is 0.333. The number of aliphatic hydroxyl groups is 1. The van der Waals surface area contributed by atoms with Crippen molar-refractivity contribution >= 4 is 17.4 Å². The molecular weight excluding hydrogens is 520 g/mol. The quantitative estimate of drug-likeness (QED) is 0.252. The standard InChI is InChI=1S/C33H34N2O6/c1-22-18-26-19-25(10-11-28(26)41-22)31(36)29-30(35(33(38)32(29)37)13-12-34-14-16-39-17-15-34)24-8-5-9-27(20-24)40-21-23-6-3-2-4-7-23/h2-11,19-20,22,30,36H,12-18,21H2,1H3/b31-29-. The summed E-state index contributed by atoms with van der Waals surface area (Å²) in [5.74, 6) is -0.0810. The van der Waals surface area contributed by atoms with Crippen molar-refractivity contribution in [1.82, 2.24) is 9.80 Å². The Bertz CT molecular complexity index is 1460. The fourth-order valence-corrected chi connectivity index (χ4v) is 5.77. The summed E-state index contributed by atoms with van der Waals surface area (Å²) in [6.07, 6.45) is 0.765. The van der Waals surface area contributed by atoms with Gasteiger partial charge in [0.15, 0.2) is 0 Å². The van der Waals surface area contributed by atoms with Crippen LogP contribution in [-0.4, -0.2) is 72.1 Å². The Morgan fingerprint density at radius 2 is 1.78 bits per heavy atom. The van der Waals surface area contributed by atoms with Gasteiger partial charge in [-0.1, -0.05) is 42.5 Å². The van der Waals surface area contributed by atoms with E-state index >= 15 is 0 Å². The van der Waals surface area contributed by atoms with Crippen LogP contribution in [0.25, 0.3) is 5.76 Å². The molecule has 2 atom stereocenters. The van der Waals surface area contributed by atoms with Crippen molar-refractivity contribution in [2.24, 2.45) is 0 Å². The molecule has 8 nitrogen and oxygen atoms in total. The van der Waals surface area contributed by atoms with Crippen LogP contribution < -0.4 is 9.47 Å². The van der Waals surface area contributed by atoms with E-state index in [4.69, 9.17) is 14.2 Å². The number of nitrogens with zero attached hydrogens (tertiary/aromatic N) is 2. The molecule has 0 spiro atoms. The van der Waals surface area contributed by atoms with Gasteiger partial charge in [-0.2, -0.15) is 0 Å². The Morgan fingerprint density at radius 3 is 2.59 bits per heavy atom. The van der Waals surface area contributed by atoms with Crippen LogP contribution in [0.3, 0.4) is 0 Å². The lowest BCUT2D eigenvalue weighted by Crippen LogP contribution is -2.42. The van der Waals surface area contributed by atoms with E-state index in [2.05, 4.69) is 4.90 Å². The van der Waals surface area contributed by atoms with Crippen LogP contribution in [-0.2, 0) is 27.4 Å². The summed E-state index contributed by atoms with van der Waals surface area (Å²) in [5.41, 5.74) is 3.29. The van der Waals surface area contributed by atoms with Gasteiger partial charge in [0.25, 0.3) is 11.7 Å². The van der Waals surface area contributed by atoms with Crippen molar-refractivity contribution in [3.05, 3.63) is 101 Å². The van der Waals surface area contributed by atoms with Gasteiger partial charge < -0.3 is 24.2 Å². The average Bonchev–Trinajstić information content (AvgIpc) is 3.50. The number of likely N-dealkylation sites (tertiary alicyclic amines) is 1. The van der Waals surface area contributed by atoms with Gasteiger partial charge in [-0.25, -0.2) is 0 Å². The minimum Gasteiger partial charge on any atom is -0.507 e. The fourth-order valence-electron chi connectivity index (χ4n) is 5.77. The molecule has 8 heteroatoms. The normalized spacial score (nSPS) is 22.0. The minimum absolute atomic E-state index is 0.0480. The monoisotopic (exact) mass is 554 g/mol. The van der Waals surface area contributed by atoms with Gasteiger partial charge in [0.05, 0.1) is 24.8 Å². The molecule has 3 aromatic rings. The van der Waals surface area contributed by atoms with E-state index in [-0.39, 0.29) is 17.4 Å². The average molecular weight is 555 g/mol. The number of ketones is 1. The van der Waals surface area contributed by atoms with E-state index in [0.717, 1.165) is 30.0 Å². The molecule has 1 amide bonds. The number of carbonyl (C=O) groups excluding carboxylic acids is 2. The van der Waals surface area contributed by atoms with E-state index < -0.39 is 17.7 Å². The number of rotatable bonds is 8. The van der Waals surface area contributed by atoms with Crippen LogP contribution in [0.1, 0.15) is 35.2 Å². The first-order valence-corrected chi connectivity index (χ1v) is 14.1. The van der Waals surface area contributed by atoms with Gasteiger partial charge in [0.2, 0.25) is 0 Å². The third-order valence-corrected chi connectivity index (χ3v) is 7.89. The molecule has 0 aromatic heterocycles. The van der Waals surface area contributed by atoms with Crippen LogP contribution in [0.15, 0.2) is 78.4 Å². The zero-order valence-corrected chi connectivity index (χ0v) is 23.1. The lowest BCUT2D eigenvalue weighted by molar-refractivity contribution is -0.140. The number of aliphatic hydroxyl groups excluding tert-OH is 1. The van der Waals surface area contributed by atoms with Crippen LogP contribution in [0, 0.1) is 0 Å². The highest BCUT2D eigenvalue weighted by Gasteiger charge is 2.46. The van der Waals surface area contributed by atoms with Crippen molar-refractivity contribution in [1.29, 1.82) is 0 Å². The third-order valence-electron chi connectivity index (χ3n) is 7.89. The molecule has 212 valence electrons. The molecule has 0 radical (unpaired) electrons. The summed E-state index contributed by atoms with van der Waals surface area (Å²) in [4.78, 5) is 30.8. The van der Waals surface area contributed by atoms with E-state index in [1.165, 1.54) is 0 Å². The molecule has 3 aliphatic heterocycles. The van der Waals surface area contributed by atoms with E-state index in [1.807, 2.05) is 73.7 Å². The van der Waals surface area contributed by atoms with Crippen molar-refractivity contribution in [2.45, 2.75) is 32.1 Å². The van der Waals surface area contributed by atoms with Gasteiger partial charge in [-0.3, -0.25) is 14.5 Å². The summed E-state index contributed by atoms with van der Waals surface area (Å²) in [5, 5.41) is 11.6. The maximum atomic E-state index is 13.5. The molecule has 2 saturated heterocycles. The zero-order chi connectivity index (χ0) is 28.3. The predicted octanol–water partition coefficient (Wildman–Crippen LogP) is 4.34. The highest BCUT2D eigenvalue weighted by atomic mass is 16.5. The lowest BCUT2D eigenvalue weighted by Gasteiger charge is -2.31. The molecule has 41 heavy (non-hydrogen) atoms. The Balaban J connectivity index is 1.35.